The number of hydrogen-bond donors (Lipinski definition) is 0. The van der Waals surface area contributed by atoms with Crippen LogP contribution < -0.4 is 0 Å². The van der Waals surface area contributed by atoms with Crippen LogP contribution in [0, 0.1) is 5.92 Å². The van der Waals surface area contributed by atoms with Crippen LogP contribution in [0.5, 0.6) is 0 Å². The highest BCUT2D eigenvalue weighted by atomic mass is 16.5. The lowest BCUT2D eigenvalue weighted by atomic mass is 9.97. The first-order chi connectivity index (χ1) is 11.3. The molecule has 122 valence electrons. The lowest BCUT2D eigenvalue weighted by Crippen LogP contribution is -2.36. The highest BCUT2D eigenvalue weighted by Crippen LogP contribution is 2.23. The average molecular weight is 314 g/mol. The minimum atomic E-state index is -0.0572. The lowest BCUT2D eigenvalue weighted by molar-refractivity contribution is -0.149. The van der Waals surface area contributed by atoms with Crippen LogP contribution in [0.4, 0.5) is 0 Å². The molecule has 5 nitrogen and oxygen atoms in total. The Labute approximate surface area is 136 Å². The Morgan fingerprint density at radius 2 is 2.04 bits per heavy atom. The van der Waals surface area contributed by atoms with Gasteiger partial charge in [-0.3, -0.25) is 9.69 Å². The van der Waals surface area contributed by atoms with Gasteiger partial charge < -0.3 is 9.26 Å². The van der Waals surface area contributed by atoms with Gasteiger partial charge in [-0.2, -0.15) is 0 Å². The highest BCUT2D eigenvalue weighted by molar-refractivity contribution is 5.72. The normalized spacial score (nSPS) is 16.4. The Hall–Kier alpha value is -2.14. The van der Waals surface area contributed by atoms with Gasteiger partial charge >= 0.3 is 5.97 Å². The summed E-state index contributed by atoms with van der Waals surface area (Å²) in [6.07, 6.45) is 1.69. The second-order valence-electron chi connectivity index (χ2n) is 5.85. The molecule has 2 heterocycles. The molecule has 0 N–H and O–H groups in total. The van der Waals surface area contributed by atoms with Gasteiger partial charge in [0.2, 0.25) is 0 Å². The molecule has 0 unspecified atom stereocenters. The third kappa shape index (κ3) is 3.99. The molecule has 0 atom stereocenters. The fourth-order valence-electron chi connectivity index (χ4n) is 2.94. The summed E-state index contributed by atoms with van der Waals surface area (Å²) in [5, 5.41) is 4.14. The minimum absolute atomic E-state index is 0.0424. The molecule has 1 aromatic carbocycles. The molecule has 1 fully saturated rings. The van der Waals surface area contributed by atoms with Crippen molar-refractivity contribution in [2.45, 2.75) is 26.3 Å². The van der Waals surface area contributed by atoms with E-state index in [9.17, 15) is 4.79 Å². The Morgan fingerprint density at radius 3 is 2.74 bits per heavy atom. The summed E-state index contributed by atoms with van der Waals surface area (Å²) < 4.78 is 10.6. The van der Waals surface area contributed by atoms with Gasteiger partial charge in [-0.05, 0) is 32.9 Å². The van der Waals surface area contributed by atoms with Crippen LogP contribution in [-0.4, -0.2) is 35.7 Å². The van der Waals surface area contributed by atoms with Crippen LogP contribution in [0.25, 0.3) is 11.3 Å². The predicted molar refractivity (Wildman–Crippen MR) is 86.6 cm³/mol. The fraction of sp³-hybridized carbons (Fsp3) is 0.444. The zero-order valence-electron chi connectivity index (χ0n) is 13.4. The van der Waals surface area contributed by atoms with Crippen LogP contribution in [0.3, 0.4) is 0 Å². The topological polar surface area (TPSA) is 55.6 Å². The van der Waals surface area contributed by atoms with Crippen LogP contribution in [-0.2, 0) is 16.1 Å². The lowest BCUT2D eigenvalue weighted by Gasteiger charge is -2.29. The monoisotopic (exact) mass is 314 g/mol. The standard InChI is InChI=1S/C18H22N2O3/c1-2-22-18(21)15-8-10-20(11-9-15)13-16-12-17(19-23-16)14-6-4-3-5-7-14/h3-7,12,15H,2,8-11,13H2,1H3. The number of hydrogen-bond acceptors (Lipinski definition) is 5. The molecule has 1 saturated heterocycles. The molecule has 0 radical (unpaired) electrons. The van der Waals surface area contributed by atoms with Crippen molar-refractivity contribution in [1.82, 2.24) is 10.1 Å². The van der Waals surface area contributed by atoms with E-state index in [1.54, 1.807) is 0 Å². The summed E-state index contributed by atoms with van der Waals surface area (Å²) in [7, 11) is 0. The van der Waals surface area contributed by atoms with E-state index in [1.165, 1.54) is 0 Å². The maximum atomic E-state index is 11.8. The van der Waals surface area contributed by atoms with Gasteiger partial charge in [0.05, 0.1) is 19.1 Å². The molecule has 5 heteroatoms. The molecule has 3 rings (SSSR count). The van der Waals surface area contributed by atoms with Crippen molar-refractivity contribution in [2.24, 2.45) is 5.92 Å². The van der Waals surface area contributed by atoms with Gasteiger partial charge in [0.25, 0.3) is 0 Å². The molecule has 0 aliphatic carbocycles. The predicted octanol–water partition coefficient (Wildman–Crippen LogP) is 3.12. The van der Waals surface area contributed by atoms with Crippen LogP contribution >= 0.6 is 0 Å². The van der Waals surface area contributed by atoms with E-state index in [0.29, 0.717) is 6.61 Å². The average Bonchev–Trinajstić information content (AvgIpc) is 3.05. The molecular weight excluding hydrogens is 292 g/mol. The van der Waals surface area contributed by atoms with Gasteiger partial charge in [-0.1, -0.05) is 35.5 Å². The molecule has 1 aliphatic heterocycles. The summed E-state index contributed by atoms with van der Waals surface area (Å²) in [4.78, 5) is 14.1. The Bertz CT molecular complexity index is 631. The number of rotatable bonds is 5. The molecule has 0 amide bonds. The summed E-state index contributed by atoms with van der Waals surface area (Å²) in [5.41, 5.74) is 1.92. The fourth-order valence-corrected chi connectivity index (χ4v) is 2.94. The molecule has 1 aromatic heterocycles. The number of benzene rings is 1. The maximum Gasteiger partial charge on any atom is 0.309 e. The first-order valence-corrected chi connectivity index (χ1v) is 8.16. The van der Waals surface area contributed by atoms with E-state index in [-0.39, 0.29) is 11.9 Å². The van der Waals surface area contributed by atoms with E-state index < -0.39 is 0 Å². The van der Waals surface area contributed by atoms with Crippen molar-refractivity contribution in [1.29, 1.82) is 0 Å². The van der Waals surface area contributed by atoms with Crippen molar-refractivity contribution < 1.29 is 14.1 Å². The SMILES string of the molecule is CCOC(=O)C1CCN(Cc2cc(-c3ccccc3)no2)CC1. The van der Waals surface area contributed by atoms with E-state index in [4.69, 9.17) is 9.26 Å². The molecule has 23 heavy (non-hydrogen) atoms. The number of likely N-dealkylation sites (tertiary alicyclic amines) is 1. The summed E-state index contributed by atoms with van der Waals surface area (Å²) in [6, 6.07) is 12.0. The van der Waals surface area contributed by atoms with Gasteiger partial charge in [0.1, 0.15) is 5.69 Å². The quantitative estimate of drug-likeness (QED) is 0.794. The summed E-state index contributed by atoms with van der Waals surface area (Å²) in [5.74, 6) is 0.845. The first kappa shape index (κ1) is 15.7. The first-order valence-electron chi connectivity index (χ1n) is 8.16. The van der Waals surface area contributed by atoms with Crippen molar-refractivity contribution >= 4 is 5.97 Å². The van der Waals surface area contributed by atoms with E-state index >= 15 is 0 Å². The molecule has 0 spiro atoms. The van der Waals surface area contributed by atoms with Crippen LogP contribution in [0.2, 0.25) is 0 Å². The zero-order valence-corrected chi connectivity index (χ0v) is 13.4. The molecule has 0 saturated carbocycles. The van der Waals surface area contributed by atoms with Crippen LogP contribution in [0.1, 0.15) is 25.5 Å². The van der Waals surface area contributed by atoms with Gasteiger partial charge in [-0.15, -0.1) is 0 Å². The van der Waals surface area contributed by atoms with Crippen molar-refractivity contribution in [3.8, 4) is 11.3 Å². The van der Waals surface area contributed by atoms with E-state index in [0.717, 1.165) is 49.5 Å². The highest BCUT2D eigenvalue weighted by Gasteiger charge is 2.26. The third-order valence-electron chi connectivity index (χ3n) is 4.22. The Kier molecular flexibility index (Phi) is 5.08. The largest absolute Gasteiger partial charge is 0.466 e. The van der Waals surface area contributed by atoms with Gasteiger partial charge in [-0.25, -0.2) is 0 Å². The second-order valence-corrected chi connectivity index (χ2v) is 5.85. The van der Waals surface area contributed by atoms with Gasteiger partial charge in [0.15, 0.2) is 5.76 Å². The minimum Gasteiger partial charge on any atom is -0.466 e. The number of ether oxygens (including phenoxy) is 1. The number of piperidine rings is 1. The number of esters is 1. The van der Waals surface area contributed by atoms with Crippen molar-refractivity contribution in [2.75, 3.05) is 19.7 Å². The number of nitrogens with zero attached hydrogens (tertiary/aromatic N) is 2. The summed E-state index contributed by atoms with van der Waals surface area (Å²) in [6.45, 7) is 4.80. The molecule has 1 aliphatic rings. The van der Waals surface area contributed by atoms with Crippen LogP contribution in [0.15, 0.2) is 40.9 Å². The smallest absolute Gasteiger partial charge is 0.309 e. The van der Waals surface area contributed by atoms with E-state index in [2.05, 4.69) is 10.1 Å². The zero-order chi connectivity index (χ0) is 16.1. The van der Waals surface area contributed by atoms with Gasteiger partial charge in [0, 0.05) is 11.6 Å². The number of carbonyl (C=O) groups excluding carboxylic acids is 1. The van der Waals surface area contributed by atoms with E-state index in [1.807, 2.05) is 43.3 Å². The summed E-state index contributed by atoms with van der Waals surface area (Å²) >= 11 is 0. The number of carbonyl (C=O) groups is 1. The third-order valence-corrected chi connectivity index (χ3v) is 4.22. The molecule has 0 bridgehead atoms. The number of aromatic nitrogens is 1. The molecule has 2 aromatic rings. The molecular formula is C18H22N2O3. The van der Waals surface area contributed by atoms with Crippen molar-refractivity contribution in [3.05, 3.63) is 42.2 Å². The Balaban J connectivity index is 1.53. The van der Waals surface area contributed by atoms with Crippen molar-refractivity contribution in [3.63, 3.8) is 0 Å². The maximum absolute atomic E-state index is 11.8. The Morgan fingerprint density at radius 1 is 1.30 bits per heavy atom. The second kappa shape index (κ2) is 7.42.